The molecule has 0 fully saturated rings. The van der Waals surface area contributed by atoms with E-state index in [-0.39, 0.29) is 17.9 Å². The fourth-order valence-corrected chi connectivity index (χ4v) is 1.89. The van der Waals surface area contributed by atoms with Crippen LogP contribution in [0.4, 0.5) is 13.2 Å². The maximum Gasteiger partial charge on any atom is 0.416 e. The summed E-state index contributed by atoms with van der Waals surface area (Å²) in [5, 5.41) is 2.48. The van der Waals surface area contributed by atoms with Crippen molar-refractivity contribution in [1.29, 1.82) is 0 Å². The number of carbonyl (C=O) groups excluding carboxylic acids is 2. The van der Waals surface area contributed by atoms with Crippen LogP contribution in [0.15, 0.2) is 24.3 Å². The van der Waals surface area contributed by atoms with E-state index in [9.17, 15) is 22.8 Å². The summed E-state index contributed by atoms with van der Waals surface area (Å²) < 4.78 is 42.4. The lowest BCUT2D eigenvalue weighted by Gasteiger charge is -2.19. The monoisotopic (exact) mass is 317 g/mol. The number of hydrogen-bond donors (Lipinski definition) is 1. The fourth-order valence-electron chi connectivity index (χ4n) is 1.89. The van der Waals surface area contributed by atoms with E-state index in [1.807, 2.05) is 0 Å². The lowest BCUT2D eigenvalue weighted by Crippen LogP contribution is -2.45. The van der Waals surface area contributed by atoms with Gasteiger partial charge in [-0.25, -0.2) is 4.79 Å². The van der Waals surface area contributed by atoms with Gasteiger partial charge >= 0.3 is 12.1 Å². The Morgan fingerprint density at radius 3 is 2.41 bits per heavy atom. The standard InChI is InChI=1S/C15H18F3NO3/c1-9(2)13(14(21)22-3)19-12(20)8-10-5-4-6-11(7-10)15(16,17)18/h4-7,9,13H,8H2,1-3H3,(H,19,20)/t13-/m1/s1. The second kappa shape index (κ2) is 7.29. The third-order valence-electron chi connectivity index (χ3n) is 3.06. The van der Waals surface area contributed by atoms with Crippen LogP contribution < -0.4 is 5.32 Å². The van der Waals surface area contributed by atoms with Gasteiger partial charge in [-0.2, -0.15) is 13.2 Å². The van der Waals surface area contributed by atoms with Gasteiger partial charge in [-0.05, 0) is 17.5 Å². The minimum Gasteiger partial charge on any atom is -0.467 e. The lowest BCUT2D eigenvalue weighted by atomic mass is 10.0. The molecule has 7 heteroatoms. The molecule has 0 radical (unpaired) electrons. The molecular formula is C15H18F3NO3. The average Bonchev–Trinajstić information content (AvgIpc) is 2.43. The van der Waals surface area contributed by atoms with Crippen LogP contribution in [0.1, 0.15) is 25.0 Å². The maximum absolute atomic E-state index is 12.6. The maximum atomic E-state index is 12.6. The minimum absolute atomic E-state index is 0.196. The first kappa shape index (κ1) is 18.0. The fraction of sp³-hybridized carbons (Fsp3) is 0.467. The highest BCUT2D eigenvalue weighted by Crippen LogP contribution is 2.29. The van der Waals surface area contributed by atoms with Gasteiger partial charge in [0.2, 0.25) is 5.91 Å². The van der Waals surface area contributed by atoms with Gasteiger partial charge in [0.25, 0.3) is 0 Å². The number of esters is 1. The Morgan fingerprint density at radius 2 is 1.91 bits per heavy atom. The van der Waals surface area contributed by atoms with Crippen molar-refractivity contribution in [2.45, 2.75) is 32.5 Å². The Kier molecular flexibility index (Phi) is 5.96. The largest absolute Gasteiger partial charge is 0.467 e. The minimum atomic E-state index is -4.46. The quantitative estimate of drug-likeness (QED) is 0.849. The van der Waals surface area contributed by atoms with Crippen LogP contribution in [0.25, 0.3) is 0 Å². The first-order chi connectivity index (χ1) is 10.1. The van der Waals surface area contributed by atoms with E-state index in [0.29, 0.717) is 0 Å². The summed E-state index contributed by atoms with van der Waals surface area (Å²) in [5.41, 5.74) is -0.592. The molecule has 0 spiro atoms. The van der Waals surface area contributed by atoms with Gasteiger partial charge in [0, 0.05) is 0 Å². The van der Waals surface area contributed by atoms with Crippen molar-refractivity contribution < 1.29 is 27.5 Å². The smallest absolute Gasteiger partial charge is 0.416 e. The molecule has 22 heavy (non-hydrogen) atoms. The molecule has 0 aliphatic rings. The van der Waals surface area contributed by atoms with Gasteiger partial charge < -0.3 is 10.1 Å². The molecule has 0 unspecified atom stereocenters. The van der Waals surface area contributed by atoms with Crippen LogP contribution in [0, 0.1) is 5.92 Å². The van der Waals surface area contributed by atoms with Crippen LogP contribution in [0.2, 0.25) is 0 Å². The number of methoxy groups -OCH3 is 1. The Bertz CT molecular complexity index is 541. The van der Waals surface area contributed by atoms with E-state index in [2.05, 4.69) is 10.1 Å². The molecule has 0 aliphatic heterocycles. The van der Waals surface area contributed by atoms with Crippen molar-refractivity contribution in [3.63, 3.8) is 0 Å². The van der Waals surface area contributed by atoms with Crippen molar-refractivity contribution in [1.82, 2.24) is 5.32 Å². The molecule has 0 aliphatic carbocycles. The predicted molar refractivity (Wildman–Crippen MR) is 73.9 cm³/mol. The summed E-state index contributed by atoms with van der Waals surface area (Å²) in [4.78, 5) is 23.4. The van der Waals surface area contributed by atoms with Crippen LogP contribution in [0.5, 0.6) is 0 Å². The van der Waals surface area contributed by atoms with Crippen LogP contribution in [0.3, 0.4) is 0 Å². The Balaban J connectivity index is 2.78. The molecule has 1 amide bonds. The van der Waals surface area contributed by atoms with Gasteiger partial charge in [0.1, 0.15) is 6.04 Å². The molecular weight excluding hydrogens is 299 g/mol. The zero-order valence-electron chi connectivity index (χ0n) is 12.5. The van der Waals surface area contributed by atoms with Crippen molar-refractivity contribution in [2.75, 3.05) is 7.11 Å². The number of carbonyl (C=O) groups is 2. The lowest BCUT2D eigenvalue weighted by molar-refractivity contribution is -0.146. The Hall–Kier alpha value is -2.05. The second-order valence-corrected chi connectivity index (χ2v) is 5.19. The Labute approximate surface area is 126 Å². The molecule has 0 aromatic heterocycles. The van der Waals surface area contributed by atoms with Crippen LogP contribution in [-0.4, -0.2) is 25.0 Å². The first-order valence-corrected chi connectivity index (χ1v) is 6.68. The summed E-state index contributed by atoms with van der Waals surface area (Å²) in [6.07, 6.45) is -4.71. The van der Waals surface area contributed by atoms with E-state index in [4.69, 9.17) is 0 Å². The number of alkyl halides is 3. The number of hydrogen-bond acceptors (Lipinski definition) is 3. The van der Waals surface area contributed by atoms with Crippen molar-refractivity contribution in [3.05, 3.63) is 35.4 Å². The van der Waals surface area contributed by atoms with E-state index in [0.717, 1.165) is 12.1 Å². The third kappa shape index (κ3) is 5.05. The van der Waals surface area contributed by atoms with Crippen LogP contribution >= 0.6 is 0 Å². The van der Waals surface area contributed by atoms with Crippen molar-refractivity contribution >= 4 is 11.9 Å². The molecule has 1 rings (SSSR count). The molecule has 0 saturated carbocycles. The number of halogens is 3. The van der Waals surface area contributed by atoms with E-state index in [1.165, 1.54) is 19.2 Å². The highest BCUT2D eigenvalue weighted by atomic mass is 19.4. The average molecular weight is 317 g/mol. The molecule has 122 valence electrons. The van der Waals surface area contributed by atoms with Gasteiger partial charge in [-0.3, -0.25) is 4.79 Å². The van der Waals surface area contributed by atoms with Gasteiger partial charge in [-0.1, -0.05) is 32.0 Å². The van der Waals surface area contributed by atoms with Gasteiger partial charge in [0.15, 0.2) is 0 Å². The molecule has 4 nitrogen and oxygen atoms in total. The molecule has 0 saturated heterocycles. The number of ether oxygens (including phenoxy) is 1. The van der Waals surface area contributed by atoms with Crippen LogP contribution in [-0.2, 0) is 26.9 Å². The van der Waals surface area contributed by atoms with E-state index in [1.54, 1.807) is 13.8 Å². The topological polar surface area (TPSA) is 55.4 Å². The second-order valence-electron chi connectivity index (χ2n) is 5.19. The zero-order valence-corrected chi connectivity index (χ0v) is 12.5. The van der Waals surface area contributed by atoms with Crippen molar-refractivity contribution in [3.8, 4) is 0 Å². The van der Waals surface area contributed by atoms with E-state index < -0.39 is 29.7 Å². The summed E-state index contributed by atoms with van der Waals surface area (Å²) in [6.45, 7) is 3.46. The first-order valence-electron chi connectivity index (χ1n) is 6.68. The SMILES string of the molecule is COC(=O)[C@H](NC(=O)Cc1cccc(C(F)(F)F)c1)C(C)C. The molecule has 1 aromatic rings. The number of amides is 1. The molecule has 1 N–H and O–H groups in total. The van der Waals surface area contributed by atoms with E-state index >= 15 is 0 Å². The number of benzene rings is 1. The number of nitrogens with one attached hydrogen (secondary N) is 1. The molecule has 0 heterocycles. The normalized spacial score (nSPS) is 12.9. The van der Waals surface area contributed by atoms with Gasteiger partial charge in [-0.15, -0.1) is 0 Å². The van der Waals surface area contributed by atoms with Gasteiger partial charge in [0.05, 0.1) is 19.1 Å². The number of rotatable bonds is 5. The highest BCUT2D eigenvalue weighted by Gasteiger charge is 2.30. The zero-order chi connectivity index (χ0) is 16.9. The summed E-state index contributed by atoms with van der Waals surface area (Å²) in [5.74, 6) is -1.33. The summed E-state index contributed by atoms with van der Waals surface area (Å²) in [6, 6.07) is 3.70. The molecule has 1 aromatic carbocycles. The van der Waals surface area contributed by atoms with Crippen molar-refractivity contribution in [2.24, 2.45) is 5.92 Å². The Morgan fingerprint density at radius 1 is 1.27 bits per heavy atom. The summed E-state index contributed by atoms with van der Waals surface area (Å²) in [7, 11) is 1.21. The predicted octanol–water partition coefficient (Wildman–Crippen LogP) is 2.56. The summed E-state index contributed by atoms with van der Waals surface area (Å²) >= 11 is 0. The third-order valence-corrected chi connectivity index (χ3v) is 3.06. The molecule has 0 bridgehead atoms. The highest BCUT2D eigenvalue weighted by molar-refractivity contribution is 5.85. The molecule has 1 atom stereocenters.